The van der Waals surface area contributed by atoms with E-state index in [2.05, 4.69) is 19.9 Å². The first kappa shape index (κ1) is 21.6. The van der Waals surface area contributed by atoms with Gasteiger partial charge in [0.1, 0.15) is 12.2 Å². The molecule has 0 amide bonds. The van der Waals surface area contributed by atoms with Crippen molar-refractivity contribution in [2.45, 2.75) is 91.8 Å². The maximum absolute atomic E-state index is 12.5. The molecule has 8 atom stereocenters. The van der Waals surface area contributed by atoms with Gasteiger partial charge in [-0.3, -0.25) is 14.4 Å². The average molecular weight is 417 g/mol. The lowest BCUT2D eigenvalue weighted by molar-refractivity contribution is -0.185. The first-order valence-corrected chi connectivity index (χ1v) is 11.6. The van der Waals surface area contributed by atoms with E-state index in [9.17, 15) is 14.4 Å². The van der Waals surface area contributed by atoms with Crippen LogP contribution in [0.4, 0.5) is 0 Å². The fraction of sp³-hybridized carbons (Fsp3) is 0.800. The van der Waals surface area contributed by atoms with Crippen molar-refractivity contribution in [3.8, 4) is 0 Å². The van der Waals surface area contributed by atoms with Gasteiger partial charge in [0.15, 0.2) is 5.78 Å². The van der Waals surface area contributed by atoms with Crippen LogP contribution in [0.15, 0.2) is 11.6 Å². The molecule has 4 aliphatic carbocycles. The number of carbonyl (C=O) groups is 3. The summed E-state index contributed by atoms with van der Waals surface area (Å²) in [6.45, 7) is 9.20. The van der Waals surface area contributed by atoms with E-state index in [0.29, 0.717) is 23.7 Å². The van der Waals surface area contributed by atoms with Crippen LogP contribution in [-0.2, 0) is 23.9 Å². The lowest BCUT2D eigenvalue weighted by atomic mass is 9.44. The van der Waals surface area contributed by atoms with E-state index in [1.807, 2.05) is 0 Å². The molecule has 0 aliphatic heterocycles. The highest BCUT2D eigenvalue weighted by Crippen LogP contribution is 2.67. The van der Waals surface area contributed by atoms with Crippen molar-refractivity contribution in [2.24, 2.45) is 34.5 Å². The van der Waals surface area contributed by atoms with Gasteiger partial charge in [-0.05, 0) is 81.0 Å². The number of esters is 2. The van der Waals surface area contributed by atoms with Gasteiger partial charge in [-0.25, -0.2) is 0 Å². The third-order valence-corrected chi connectivity index (χ3v) is 9.30. The smallest absolute Gasteiger partial charge is 0.302 e. The number of ether oxygens (including phenoxy) is 2. The second-order valence-electron chi connectivity index (χ2n) is 10.7. The zero-order chi connectivity index (χ0) is 21.8. The van der Waals surface area contributed by atoms with Crippen molar-refractivity contribution >= 4 is 17.7 Å². The van der Waals surface area contributed by atoms with E-state index in [4.69, 9.17) is 9.47 Å². The predicted octanol–water partition coefficient (Wildman–Crippen LogP) is 4.63. The van der Waals surface area contributed by atoms with Gasteiger partial charge in [-0.1, -0.05) is 19.9 Å². The van der Waals surface area contributed by atoms with E-state index in [1.165, 1.54) is 13.8 Å². The zero-order valence-corrected chi connectivity index (χ0v) is 19.0. The first-order chi connectivity index (χ1) is 14.1. The van der Waals surface area contributed by atoms with Gasteiger partial charge >= 0.3 is 11.9 Å². The fourth-order valence-electron chi connectivity index (χ4n) is 7.98. The lowest BCUT2D eigenvalue weighted by Gasteiger charge is -2.62. The molecule has 0 spiro atoms. The Morgan fingerprint density at radius 1 is 0.933 bits per heavy atom. The number of rotatable bonds is 3. The van der Waals surface area contributed by atoms with Crippen LogP contribution in [-0.4, -0.2) is 29.9 Å². The third kappa shape index (κ3) is 3.23. The molecule has 0 radical (unpaired) electrons. The highest BCUT2D eigenvalue weighted by Gasteiger charge is 2.63. The normalized spacial score (nSPS) is 44.8. The largest absolute Gasteiger partial charge is 0.463 e. The molecule has 0 aromatic heterocycles. The van der Waals surface area contributed by atoms with Crippen LogP contribution in [0.3, 0.4) is 0 Å². The number of fused-ring (bicyclic) bond motifs is 5. The molecule has 5 heteroatoms. The summed E-state index contributed by atoms with van der Waals surface area (Å²) < 4.78 is 11.5. The van der Waals surface area contributed by atoms with Gasteiger partial charge in [0.05, 0.1) is 0 Å². The minimum absolute atomic E-state index is 0.0349. The Hall–Kier alpha value is -1.65. The van der Waals surface area contributed by atoms with Crippen molar-refractivity contribution in [1.82, 2.24) is 0 Å². The fourth-order valence-corrected chi connectivity index (χ4v) is 7.98. The van der Waals surface area contributed by atoms with Crippen LogP contribution >= 0.6 is 0 Å². The van der Waals surface area contributed by atoms with Gasteiger partial charge in [-0.15, -0.1) is 0 Å². The van der Waals surface area contributed by atoms with E-state index in [-0.39, 0.29) is 40.8 Å². The Labute approximate surface area is 179 Å². The van der Waals surface area contributed by atoms with Crippen LogP contribution in [0.5, 0.6) is 0 Å². The van der Waals surface area contributed by atoms with Crippen LogP contribution in [0.25, 0.3) is 0 Å². The van der Waals surface area contributed by atoms with Gasteiger partial charge in [0.25, 0.3) is 0 Å². The predicted molar refractivity (Wildman–Crippen MR) is 112 cm³/mol. The summed E-state index contributed by atoms with van der Waals surface area (Å²) in [6.07, 6.45) is 8.82. The average Bonchev–Trinajstić information content (AvgIpc) is 3.01. The summed E-state index contributed by atoms with van der Waals surface area (Å²) in [5.41, 5.74) is 0.651. The molecule has 4 rings (SSSR count). The topological polar surface area (TPSA) is 69.7 Å². The molecule has 3 saturated carbocycles. The molecular formula is C25H36O5. The van der Waals surface area contributed by atoms with E-state index >= 15 is 0 Å². The Bertz CT molecular complexity index is 784. The van der Waals surface area contributed by atoms with Gasteiger partial charge in [0, 0.05) is 24.8 Å². The monoisotopic (exact) mass is 416 g/mol. The quantitative estimate of drug-likeness (QED) is 0.628. The van der Waals surface area contributed by atoms with Crippen LogP contribution in [0.2, 0.25) is 0 Å². The molecule has 0 unspecified atom stereocenters. The molecule has 0 saturated heterocycles. The van der Waals surface area contributed by atoms with Crippen molar-refractivity contribution in [1.29, 1.82) is 0 Å². The molecular weight excluding hydrogens is 380 g/mol. The lowest BCUT2D eigenvalue weighted by Crippen LogP contribution is -2.59. The maximum atomic E-state index is 12.5. The van der Waals surface area contributed by atoms with Crippen molar-refractivity contribution < 1.29 is 23.9 Å². The first-order valence-electron chi connectivity index (χ1n) is 11.6. The van der Waals surface area contributed by atoms with Gasteiger partial charge < -0.3 is 9.47 Å². The second-order valence-corrected chi connectivity index (χ2v) is 10.7. The minimum Gasteiger partial charge on any atom is -0.463 e. The number of carbonyl (C=O) groups excluding carboxylic acids is 3. The Morgan fingerprint density at radius 2 is 1.63 bits per heavy atom. The van der Waals surface area contributed by atoms with Crippen LogP contribution < -0.4 is 0 Å². The summed E-state index contributed by atoms with van der Waals surface area (Å²) in [5, 5.41) is 0. The van der Waals surface area contributed by atoms with Crippen molar-refractivity contribution in [2.75, 3.05) is 0 Å². The molecule has 4 aliphatic rings. The van der Waals surface area contributed by atoms with Gasteiger partial charge in [0.2, 0.25) is 0 Å². The van der Waals surface area contributed by atoms with Crippen molar-refractivity contribution in [3.63, 3.8) is 0 Å². The molecule has 166 valence electrons. The van der Waals surface area contributed by atoms with Crippen molar-refractivity contribution in [3.05, 3.63) is 11.6 Å². The summed E-state index contributed by atoms with van der Waals surface area (Å²) >= 11 is 0. The summed E-state index contributed by atoms with van der Waals surface area (Å²) in [4.78, 5) is 35.9. The number of hydrogen-bond acceptors (Lipinski definition) is 5. The van der Waals surface area contributed by atoms with Crippen LogP contribution in [0.1, 0.15) is 79.6 Å². The van der Waals surface area contributed by atoms with Crippen LogP contribution in [0, 0.1) is 34.5 Å². The number of ketones is 1. The molecule has 0 bridgehead atoms. The molecule has 5 nitrogen and oxygen atoms in total. The highest BCUT2D eigenvalue weighted by atomic mass is 16.5. The molecule has 0 N–H and O–H groups in total. The molecule has 30 heavy (non-hydrogen) atoms. The maximum Gasteiger partial charge on any atom is 0.302 e. The number of allylic oxidation sites excluding steroid dienone is 1. The summed E-state index contributed by atoms with van der Waals surface area (Å²) in [7, 11) is 0. The molecule has 0 aromatic carbocycles. The third-order valence-electron chi connectivity index (χ3n) is 9.30. The Morgan fingerprint density at radius 3 is 2.27 bits per heavy atom. The van der Waals surface area contributed by atoms with E-state index in [0.717, 1.165) is 50.5 Å². The van der Waals surface area contributed by atoms with E-state index in [1.54, 1.807) is 6.92 Å². The Kier molecular flexibility index (Phi) is 5.39. The van der Waals surface area contributed by atoms with Gasteiger partial charge in [-0.2, -0.15) is 0 Å². The highest BCUT2D eigenvalue weighted by molar-refractivity contribution is 5.95. The molecule has 3 fully saturated rings. The Balaban J connectivity index is 1.64. The number of hydrogen-bond donors (Lipinski definition) is 0. The standard InChI is InChI=1S/C25H36O5/c1-14(26)20-8-9-21-19-7-6-17-12-18(29-15(2)27)10-11-24(17,4)22(19)13-23(25(20,21)5)30-16(3)28/h8,17-19,21-23H,6-7,9-13H2,1-5H3/t17-,18+,19+,21+,22+,23-,24-,25+/m0/s1. The minimum atomic E-state index is -0.378. The number of Topliss-reactive ketones (excluding diaryl/α,β-unsaturated/α-hetero) is 1. The summed E-state index contributed by atoms with van der Waals surface area (Å²) in [5.74, 6) is 1.55. The SMILES string of the molecule is CC(=O)O[C@@H]1CC[C@@]2(C)[C@@H](CC[C@H]3[C@H]2C[C@H](OC(C)=O)[C@]2(C)C(C(C)=O)=CC[C@H]32)C1. The zero-order valence-electron chi connectivity index (χ0n) is 19.0. The van der Waals surface area contributed by atoms with E-state index < -0.39 is 0 Å². The summed E-state index contributed by atoms with van der Waals surface area (Å²) in [6, 6.07) is 0. The molecule has 0 aromatic rings. The molecule has 0 heterocycles. The second kappa shape index (κ2) is 7.49.